The highest BCUT2D eigenvalue weighted by Crippen LogP contribution is 2.39. The lowest BCUT2D eigenvalue weighted by atomic mass is 10.1. The highest BCUT2D eigenvalue weighted by molar-refractivity contribution is 5.94. The van der Waals surface area contributed by atoms with Crippen LogP contribution in [0.3, 0.4) is 0 Å². The summed E-state index contributed by atoms with van der Waals surface area (Å²) in [5, 5.41) is 6.56. The van der Waals surface area contributed by atoms with Gasteiger partial charge in [0.2, 0.25) is 0 Å². The number of aromatic amines is 1. The van der Waals surface area contributed by atoms with E-state index in [-0.39, 0.29) is 11.9 Å². The van der Waals surface area contributed by atoms with Crippen LogP contribution in [0.5, 0.6) is 0 Å². The number of anilines is 1. The van der Waals surface area contributed by atoms with Gasteiger partial charge in [0, 0.05) is 24.8 Å². The van der Waals surface area contributed by atoms with Crippen LogP contribution in [-0.2, 0) is 6.54 Å². The molecule has 4 heterocycles. The molecule has 0 radical (unpaired) electrons. The third-order valence-corrected chi connectivity index (χ3v) is 4.48. The first-order valence-corrected chi connectivity index (χ1v) is 7.57. The van der Waals surface area contributed by atoms with Gasteiger partial charge in [0.25, 0.3) is 5.91 Å². The van der Waals surface area contributed by atoms with Crippen LogP contribution in [0, 0.1) is 6.92 Å². The third-order valence-electron chi connectivity index (χ3n) is 4.48. The number of carbonyl (C=O) groups excluding carboxylic acids is 1. The standard InChI is InChI=1S/C15H18N6O/c1-9-13-12(8-21(9)15(22)11-6-16-17-7-11)18-10(2)19-14(13)20-4-3-5-20/h6-7,9H,3-5,8H2,1-2H3,(H,16,17). The predicted octanol–water partition coefficient (Wildman–Crippen LogP) is 1.44. The molecule has 7 nitrogen and oxygen atoms in total. The quantitative estimate of drug-likeness (QED) is 0.907. The molecule has 0 saturated carbocycles. The Hall–Kier alpha value is -2.44. The van der Waals surface area contributed by atoms with Crippen LogP contribution in [-0.4, -0.2) is 44.1 Å². The second-order valence-electron chi connectivity index (χ2n) is 5.89. The van der Waals surface area contributed by atoms with Gasteiger partial charge in [-0.1, -0.05) is 0 Å². The van der Waals surface area contributed by atoms with Crippen LogP contribution in [0.1, 0.15) is 46.8 Å². The van der Waals surface area contributed by atoms with Crippen molar-refractivity contribution in [3.63, 3.8) is 0 Å². The molecule has 0 spiro atoms. The van der Waals surface area contributed by atoms with E-state index in [1.807, 2.05) is 18.7 Å². The molecule has 1 unspecified atom stereocenters. The number of hydrogen-bond donors (Lipinski definition) is 1. The largest absolute Gasteiger partial charge is 0.356 e. The molecule has 114 valence electrons. The maximum absolute atomic E-state index is 12.6. The van der Waals surface area contributed by atoms with Gasteiger partial charge >= 0.3 is 0 Å². The van der Waals surface area contributed by atoms with E-state index in [4.69, 9.17) is 0 Å². The second kappa shape index (κ2) is 4.79. The number of carbonyl (C=O) groups is 1. The van der Waals surface area contributed by atoms with Crippen LogP contribution in [0.2, 0.25) is 0 Å². The zero-order valence-corrected chi connectivity index (χ0v) is 12.7. The van der Waals surface area contributed by atoms with Crippen LogP contribution in [0.15, 0.2) is 12.4 Å². The summed E-state index contributed by atoms with van der Waals surface area (Å²) in [6, 6.07) is -0.0198. The van der Waals surface area contributed by atoms with Crippen molar-refractivity contribution in [1.29, 1.82) is 0 Å². The molecular formula is C15H18N6O. The van der Waals surface area contributed by atoms with Crippen molar-refractivity contribution in [3.8, 4) is 0 Å². The number of hydrogen-bond acceptors (Lipinski definition) is 5. The van der Waals surface area contributed by atoms with Gasteiger partial charge in [0.1, 0.15) is 11.6 Å². The van der Waals surface area contributed by atoms with Crippen molar-refractivity contribution < 1.29 is 4.79 Å². The zero-order valence-electron chi connectivity index (χ0n) is 12.7. The lowest BCUT2D eigenvalue weighted by Gasteiger charge is -2.34. The zero-order chi connectivity index (χ0) is 15.3. The Kier molecular flexibility index (Phi) is 2.88. The molecule has 2 aliphatic rings. The predicted molar refractivity (Wildman–Crippen MR) is 80.5 cm³/mol. The van der Waals surface area contributed by atoms with Crippen LogP contribution < -0.4 is 4.90 Å². The smallest absolute Gasteiger partial charge is 0.257 e. The van der Waals surface area contributed by atoms with Gasteiger partial charge in [-0.2, -0.15) is 5.10 Å². The lowest BCUT2D eigenvalue weighted by molar-refractivity contribution is 0.0704. The van der Waals surface area contributed by atoms with E-state index in [0.717, 1.165) is 36.0 Å². The summed E-state index contributed by atoms with van der Waals surface area (Å²) in [5.74, 6) is 1.75. The fraction of sp³-hybridized carbons (Fsp3) is 0.467. The molecule has 1 fully saturated rings. The van der Waals surface area contributed by atoms with E-state index >= 15 is 0 Å². The number of nitrogens with zero attached hydrogens (tertiary/aromatic N) is 5. The summed E-state index contributed by atoms with van der Waals surface area (Å²) in [5.41, 5.74) is 2.65. The monoisotopic (exact) mass is 298 g/mol. The van der Waals surface area contributed by atoms with E-state index in [0.29, 0.717) is 12.1 Å². The first-order chi connectivity index (χ1) is 10.6. The van der Waals surface area contributed by atoms with Gasteiger partial charge in [-0.3, -0.25) is 9.89 Å². The van der Waals surface area contributed by atoms with Gasteiger partial charge < -0.3 is 9.80 Å². The second-order valence-corrected chi connectivity index (χ2v) is 5.89. The van der Waals surface area contributed by atoms with E-state index in [1.54, 1.807) is 12.4 Å². The third kappa shape index (κ3) is 1.88. The first kappa shape index (κ1) is 13.2. The molecule has 1 atom stereocenters. The maximum Gasteiger partial charge on any atom is 0.257 e. The summed E-state index contributed by atoms with van der Waals surface area (Å²) in [4.78, 5) is 26.0. The molecule has 2 aliphatic heterocycles. The minimum Gasteiger partial charge on any atom is -0.356 e. The van der Waals surface area contributed by atoms with Crippen molar-refractivity contribution in [2.45, 2.75) is 32.9 Å². The molecule has 2 aromatic heterocycles. The first-order valence-electron chi connectivity index (χ1n) is 7.57. The Labute approximate surface area is 128 Å². The molecule has 7 heteroatoms. The minimum atomic E-state index is -0.0218. The highest BCUT2D eigenvalue weighted by atomic mass is 16.2. The number of aryl methyl sites for hydroxylation is 1. The van der Waals surface area contributed by atoms with Crippen molar-refractivity contribution in [3.05, 3.63) is 35.0 Å². The molecule has 0 aliphatic carbocycles. The number of H-pyrrole nitrogens is 1. The SMILES string of the molecule is Cc1nc2c(c(N3CCC3)n1)C(C)N(C(=O)c1cn[nH]c1)C2. The van der Waals surface area contributed by atoms with Crippen LogP contribution >= 0.6 is 0 Å². The molecule has 1 amide bonds. The number of nitrogens with one attached hydrogen (secondary N) is 1. The summed E-state index contributed by atoms with van der Waals surface area (Å²) < 4.78 is 0. The molecule has 2 aromatic rings. The molecular weight excluding hydrogens is 280 g/mol. The Morgan fingerprint density at radius 3 is 2.82 bits per heavy atom. The fourth-order valence-electron chi connectivity index (χ4n) is 3.18. The highest BCUT2D eigenvalue weighted by Gasteiger charge is 2.37. The van der Waals surface area contributed by atoms with Crippen molar-refractivity contribution in [2.24, 2.45) is 0 Å². The van der Waals surface area contributed by atoms with Gasteiger partial charge in [-0.05, 0) is 20.3 Å². The summed E-state index contributed by atoms with van der Waals surface area (Å²) in [7, 11) is 0. The Bertz CT molecular complexity index is 722. The van der Waals surface area contributed by atoms with Crippen LogP contribution in [0.25, 0.3) is 0 Å². The molecule has 1 saturated heterocycles. The number of fused-ring (bicyclic) bond motifs is 1. The van der Waals surface area contributed by atoms with Gasteiger partial charge in [-0.15, -0.1) is 0 Å². The number of aromatic nitrogens is 4. The van der Waals surface area contributed by atoms with E-state index in [9.17, 15) is 4.79 Å². The molecule has 22 heavy (non-hydrogen) atoms. The van der Waals surface area contributed by atoms with Gasteiger partial charge in [-0.25, -0.2) is 9.97 Å². The summed E-state index contributed by atoms with van der Waals surface area (Å²) >= 11 is 0. The summed E-state index contributed by atoms with van der Waals surface area (Å²) in [6.45, 7) is 6.56. The molecule has 0 bridgehead atoms. The van der Waals surface area contributed by atoms with Crippen molar-refractivity contribution >= 4 is 11.7 Å². The minimum absolute atomic E-state index is 0.0198. The molecule has 4 rings (SSSR count). The average molecular weight is 298 g/mol. The van der Waals surface area contributed by atoms with Gasteiger partial charge in [0.15, 0.2) is 0 Å². The normalized spacial score (nSPS) is 20.0. The Morgan fingerprint density at radius 2 is 2.18 bits per heavy atom. The Balaban J connectivity index is 1.72. The fourth-order valence-corrected chi connectivity index (χ4v) is 3.18. The number of amides is 1. The topological polar surface area (TPSA) is 78.0 Å². The van der Waals surface area contributed by atoms with E-state index in [2.05, 4.69) is 25.1 Å². The molecule has 0 aromatic carbocycles. The van der Waals surface area contributed by atoms with E-state index in [1.165, 1.54) is 6.42 Å². The lowest BCUT2D eigenvalue weighted by Crippen LogP contribution is -2.39. The van der Waals surface area contributed by atoms with E-state index < -0.39 is 0 Å². The Morgan fingerprint density at radius 1 is 1.36 bits per heavy atom. The number of rotatable bonds is 2. The van der Waals surface area contributed by atoms with Gasteiger partial charge in [0.05, 0.1) is 30.0 Å². The average Bonchev–Trinajstić information content (AvgIpc) is 3.04. The maximum atomic E-state index is 12.6. The van der Waals surface area contributed by atoms with Crippen molar-refractivity contribution in [1.82, 2.24) is 25.1 Å². The summed E-state index contributed by atoms with van der Waals surface area (Å²) in [6.07, 6.45) is 4.39. The van der Waals surface area contributed by atoms with Crippen LogP contribution in [0.4, 0.5) is 5.82 Å². The van der Waals surface area contributed by atoms with Crippen molar-refractivity contribution in [2.75, 3.05) is 18.0 Å². The molecule has 1 N–H and O–H groups in total.